The Bertz CT molecular complexity index is 203. The van der Waals surface area contributed by atoms with E-state index in [1.165, 1.54) is 0 Å². The summed E-state index contributed by atoms with van der Waals surface area (Å²) in [6, 6.07) is 1.82. The Kier molecular flexibility index (Phi) is 2.26. The van der Waals surface area contributed by atoms with Gasteiger partial charge >= 0.3 is 0 Å². The largest absolute Gasteiger partial charge is 0.395 e. The molecule has 62 valence electrons. The number of nitrogens with zero attached hydrogens (tertiary/aromatic N) is 1. The molecular weight excluding hydrogens is 142 g/mol. The molecule has 0 radical (unpaired) electrons. The number of nitrogens with one attached hydrogen (secondary N) is 1. The van der Waals surface area contributed by atoms with Crippen LogP contribution in [0.3, 0.4) is 0 Å². The lowest BCUT2D eigenvalue weighted by Gasteiger charge is -2.22. The second-order valence-electron chi connectivity index (χ2n) is 2.89. The first-order chi connectivity index (χ1) is 5.23. The highest BCUT2D eigenvalue weighted by Gasteiger charge is 2.25. The van der Waals surface area contributed by atoms with E-state index in [1.54, 1.807) is 6.20 Å². The molecular formula is C7H13N3O. The monoisotopic (exact) mass is 155 g/mol. The number of hydrogen-bond acceptors (Lipinski definition) is 3. The number of rotatable bonds is 3. The highest BCUT2D eigenvalue weighted by molar-refractivity contribution is 5.13. The fraction of sp³-hybridized carbons (Fsp3) is 0.571. The Labute approximate surface area is 65.4 Å². The van der Waals surface area contributed by atoms with E-state index in [2.05, 4.69) is 10.2 Å². The van der Waals surface area contributed by atoms with E-state index in [1.807, 2.05) is 13.0 Å². The first-order valence-corrected chi connectivity index (χ1v) is 3.54. The van der Waals surface area contributed by atoms with Gasteiger partial charge in [0.15, 0.2) is 0 Å². The number of aliphatic hydroxyl groups excluding tert-OH is 1. The molecule has 4 heteroatoms. The summed E-state index contributed by atoms with van der Waals surface area (Å²) in [6.45, 7) is 2.33. The van der Waals surface area contributed by atoms with Crippen molar-refractivity contribution in [3.05, 3.63) is 18.0 Å². The summed E-state index contributed by atoms with van der Waals surface area (Å²) >= 11 is 0. The van der Waals surface area contributed by atoms with Crippen LogP contribution >= 0.6 is 0 Å². The van der Waals surface area contributed by atoms with Crippen LogP contribution in [0.25, 0.3) is 0 Å². The molecule has 0 spiro atoms. The van der Waals surface area contributed by atoms with Gasteiger partial charge in [0, 0.05) is 23.9 Å². The molecule has 0 amide bonds. The molecule has 4 N–H and O–H groups in total. The lowest BCUT2D eigenvalue weighted by atomic mass is 9.88. The molecule has 0 aliphatic carbocycles. The summed E-state index contributed by atoms with van der Waals surface area (Å²) in [5, 5.41) is 15.6. The molecule has 1 rings (SSSR count). The first-order valence-electron chi connectivity index (χ1n) is 3.54. The molecule has 0 saturated carbocycles. The number of aromatic amines is 1. The van der Waals surface area contributed by atoms with Crippen LogP contribution in [0.4, 0.5) is 0 Å². The predicted octanol–water partition coefficient (Wildman–Crippen LogP) is -0.382. The van der Waals surface area contributed by atoms with E-state index in [4.69, 9.17) is 10.8 Å². The standard InChI is InChI=1S/C7H13N3O/c1-7(4-8,5-11)6-2-3-9-10-6/h2-3,11H,4-5,8H2,1H3,(H,9,10). The van der Waals surface area contributed by atoms with Gasteiger partial charge in [0.25, 0.3) is 0 Å². The van der Waals surface area contributed by atoms with Gasteiger partial charge in [0.05, 0.1) is 6.61 Å². The van der Waals surface area contributed by atoms with Gasteiger partial charge in [-0.15, -0.1) is 0 Å². The van der Waals surface area contributed by atoms with E-state index in [0.29, 0.717) is 6.54 Å². The van der Waals surface area contributed by atoms with E-state index < -0.39 is 0 Å². The highest BCUT2D eigenvalue weighted by Crippen LogP contribution is 2.18. The Balaban J connectivity index is 2.87. The van der Waals surface area contributed by atoms with Crippen LogP contribution in [0.5, 0.6) is 0 Å². The maximum absolute atomic E-state index is 9.03. The molecule has 0 saturated heterocycles. The molecule has 11 heavy (non-hydrogen) atoms. The van der Waals surface area contributed by atoms with Crippen LogP contribution in [-0.2, 0) is 5.41 Å². The zero-order valence-electron chi connectivity index (χ0n) is 6.54. The smallest absolute Gasteiger partial charge is 0.0552 e. The van der Waals surface area contributed by atoms with Crippen molar-refractivity contribution >= 4 is 0 Å². The summed E-state index contributed by atoms with van der Waals surface area (Å²) in [6.07, 6.45) is 1.65. The fourth-order valence-corrected chi connectivity index (χ4v) is 0.852. The minimum Gasteiger partial charge on any atom is -0.395 e. The molecule has 1 atom stereocenters. The summed E-state index contributed by atoms with van der Waals surface area (Å²) in [5.41, 5.74) is 6.00. The van der Waals surface area contributed by atoms with Crippen LogP contribution in [0, 0.1) is 0 Å². The molecule has 0 bridgehead atoms. The van der Waals surface area contributed by atoms with Gasteiger partial charge in [-0.2, -0.15) is 5.10 Å². The number of aliphatic hydroxyl groups is 1. The second kappa shape index (κ2) is 3.02. The number of hydrogen-bond donors (Lipinski definition) is 3. The molecule has 0 aliphatic heterocycles. The summed E-state index contributed by atoms with van der Waals surface area (Å²) in [4.78, 5) is 0. The number of nitrogens with two attached hydrogens (primary N) is 1. The molecule has 1 aromatic heterocycles. The highest BCUT2D eigenvalue weighted by atomic mass is 16.3. The third-order valence-corrected chi connectivity index (χ3v) is 1.95. The zero-order valence-corrected chi connectivity index (χ0v) is 6.54. The van der Waals surface area contributed by atoms with Crippen molar-refractivity contribution < 1.29 is 5.11 Å². The Hall–Kier alpha value is -0.870. The van der Waals surface area contributed by atoms with Crippen LogP contribution < -0.4 is 5.73 Å². The Morgan fingerprint density at radius 2 is 2.55 bits per heavy atom. The van der Waals surface area contributed by atoms with Crippen molar-refractivity contribution in [2.45, 2.75) is 12.3 Å². The third kappa shape index (κ3) is 1.41. The summed E-state index contributed by atoms with van der Waals surface area (Å²) < 4.78 is 0. The maximum atomic E-state index is 9.03. The number of aromatic nitrogens is 2. The molecule has 1 aromatic rings. The van der Waals surface area contributed by atoms with Crippen molar-refractivity contribution in [3.8, 4) is 0 Å². The molecule has 0 aliphatic rings. The Morgan fingerprint density at radius 1 is 1.82 bits per heavy atom. The second-order valence-corrected chi connectivity index (χ2v) is 2.89. The van der Waals surface area contributed by atoms with E-state index in [9.17, 15) is 0 Å². The lowest BCUT2D eigenvalue weighted by Crippen LogP contribution is -2.35. The average molecular weight is 155 g/mol. The van der Waals surface area contributed by atoms with Gasteiger partial charge in [-0.1, -0.05) is 6.92 Å². The van der Waals surface area contributed by atoms with Gasteiger partial charge < -0.3 is 10.8 Å². The van der Waals surface area contributed by atoms with Gasteiger partial charge in [0.1, 0.15) is 0 Å². The van der Waals surface area contributed by atoms with Crippen LogP contribution in [0.1, 0.15) is 12.6 Å². The van der Waals surface area contributed by atoms with Crippen molar-refractivity contribution in [2.75, 3.05) is 13.2 Å². The Morgan fingerprint density at radius 3 is 2.91 bits per heavy atom. The minimum absolute atomic E-state index is 0.0334. The molecule has 4 nitrogen and oxygen atoms in total. The lowest BCUT2D eigenvalue weighted by molar-refractivity contribution is 0.207. The van der Waals surface area contributed by atoms with Gasteiger partial charge in [-0.05, 0) is 6.07 Å². The van der Waals surface area contributed by atoms with Crippen LogP contribution in [0.15, 0.2) is 12.3 Å². The van der Waals surface area contributed by atoms with Crippen molar-refractivity contribution in [1.29, 1.82) is 0 Å². The molecule has 1 heterocycles. The molecule has 0 aromatic carbocycles. The quantitative estimate of drug-likeness (QED) is 0.557. The SMILES string of the molecule is CC(CN)(CO)c1ccn[nH]1. The van der Waals surface area contributed by atoms with Crippen molar-refractivity contribution in [3.63, 3.8) is 0 Å². The van der Waals surface area contributed by atoms with E-state index in [0.717, 1.165) is 5.69 Å². The topological polar surface area (TPSA) is 74.9 Å². The summed E-state index contributed by atoms with van der Waals surface area (Å²) in [5.74, 6) is 0. The van der Waals surface area contributed by atoms with Crippen molar-refractivity contribution in [2.24, 2.45) is 5.73 Å². The number of H-pyrrole nitrogens is 1. The maximum Gasteiger partial charge on any atom is 0.0552 e. The average Bonchev–Trinajstić information content (AvgIpc) is 2.55. The normalized spacial score (nSPS) is 16.3. The fourth-order valence-electron chi connectivity index (χ4n) is 0.852. The van der Waals surface area contributed by atoms with Gasteiger partial charge in [-0.3, -0.25) is 5.10 Å². The summed E-state index contributed by atoms with van der Waals surface area (Å²) in [7, 11) is 0. The zero-order chi connectivity index (χ0) is 8.32. The van der Waals surface area contributed by atoms with Crippen LogP contribution in [-0.4, -0.2) is 28.5 Å². The van der Waals surface area contributed by atoms with E-state index >= 15 is 0 Å². The minimum atomic E-state index is -0.378. The third-order valence-electron chi connectivity index (χ3n) is 1.95. The van der Waals surface area contributed by atoms with Crippen molar-refractivity contribution in [1.82, 2.24) is 10.2 Å². The predicted molar refractivity (Wildman–Crippen MR) is 42.1 cm³/mol. The van der Waals surface area contributed by atoms with E-state index in [-0.39, 0.29) is 12.0 Å². The molecule has 1 unspecified atom stereocenters. The molecule has 0 fully saturated rings. The van der Waals surface area contributed by atoms with Crippen LogP contribution in [0.2, 0.25) is 0 Å². The van der Waals surface area contributed by atoms with Gasteiger partial charge in [0.2, 0.25) is 0 Å². The first kappa shape index (κ1) is 8.23. The van der Waals surface area contributed by atoms with Gasteiger partial charge in [-0.25, -0.2) is 0 Å².